The Hall–Kier alpha value is -3.21. The maximum absolute atomic E-state index is 11.7. The second-order valence-corrected chi connectivity index (χ2v) is 10.4. The molecule has 1 aliphatic carbocycles. The molecule has 0 unspecified atom stereocenters. The maximum Gasteiger partial charge on any atom is 0.267 e. The van der Waals surface area contributed by atoms with Crippen molar-refractivity contribution < 1.29 is 14.3 Å². The fraction of sp³-hybridized carbons (Fsp3) is 0.414. The van der Waals surface area contributed by atoms with E-state index in [1.165, 1.54) is 31.2 Å². The molecule has 5 heteroatoms. The van der Waals surface area contributed by atoms with Gasteiger partial charge in [0.15, 0.2) is 0 Å². The lowest BCUT2D eigenvalue weighted by atomic mass is 9.93. The first-order chi connectivity index (χ1) is 16.1. The highest BCUT2D eigenvalue weighted by atomic mass is 16.5. The molecule has 180 valence electrons. The van der Waals surface area contributed by atoms with E-state index in [2.05, 4.69) is 11.9 Å². The molecule has 34 heavy (non-hydrogen) atoms. The molecule has 0 aliphatic heterocycles. The van der Waals surface area contributed by atoms with Gasteiger partial charge in [0.1, 0.15) is 23.5 Å². The number of benzene rings is 2. The zero-order chi connectivity index (χ0) is 24.7. The summed E-state index contributed by atoms with van der Waals surface area (Å²) in [6, 6.07) is 15.7. The number of fused-ring (bicyclic) bond motifs is 1. The van der Waals surface area contributed by atoms with Gasteiger partial charge >= 0.3 is 0 Å². The lowest BCUT2D eigenvalue weighted by molar-refractivity contribution is -0.109. The summed E-state index contributed by atoms with van der Waals surface area (Å²) in [4.78, 5) is 26.1. The van der Waals surface area contributed by atoms with E-state index in [9.17, 15) is 9.59 Å². The van der Waals surface area contributed by atoms with Crippen molar-refractivity contribution in [2.75, 3.05) is 0 Å². The Morgan fingerprint density at radius 1 is 1.06 bits per heavy atom. The number of ether oxygens (including phenoxy) is 1. The van der Waals surface area contributed by atoms with Crippen molar-refractivity contribution in [2.24, 2.45) is 17.1 Å². The molecule has 2 N–H and O–H groups in total. The Balaban J connectivity index is 0.000000406. The number of aldehydes is 1. The van der Waals surface area contributed by atoms with Gasteiger partial charge < -0.3 is 15.3 Å². The molecule has 1 aromatic heterocycles. The van der Waals surface area contributed by atoms with Crippen LogP contribution in [0, 0.1) is 18.3 Å². The van der Waals surface area contributed by atoms with Crippen molar-refractivity contribution >= 4 is 23.0 Å². The summed E-state index contributed by atoms with van der Waals surface area (Å²) >= 11 is 0. The van der Waals surface area contributed by atoms with E-state index in [0.29, 0.717) is 18.0 Å². The van der Waals surface area contributed by atoms with Gasteiger partial charge in [0, 0.05) is 17.5 Å². The summed E-state index contributed by atoms with van der Waals surface area (Å²) in [6.45, 7) is 8.18. The van der Waals surface area contributed by atoms with E-state index < -0.39 is 5.91 Å². The summed E-state index contributed by atoms with van der Waals surface area (Å²) in [7, 11) is 0. The highest BCUT2D eigenvalue weighted by molar-refractivity contribution is 5.96. The van der Waals surface area contributed by atoms with E-state index in [0.717, 1.165) is 40.7 Å². The first-order valence-corrected chi connectivity index (χ1v) is 12.1. The molecule has 0 bridgehead atoms. The van der Waals surface area contributed by atoms with Gasteiger partial charge in [-0.3, -0.25) is 4.79 Å². The average Bonchev–Trinajstić information content (AvgIpc) is 3.28. The SMILES string of the molecule is CC(C)(C)CC=O.Cc1ccc(Oc2ccc3cc(C(N)=O)nc(CC4CCCC4)c3c2)cc1. The number of amides is 1. The number of nitrogens with two attached hydrogens (primary N) is 1. The number of aromatic nitrogens is 1. The summed E-state index contributed by atoms with van der Waals surface area (Å²) in [5.74, 6) is 1.72. The lowest BCUT2D eigenvalue weighted by Gasteiger charge is -2.14. The van der Waals surface area contributed by atoms with Crippen molar-refractivity contribution in [1.29, 1.82) is 0 Å². The molecule has 2 aromatic carbocycles. The molecule has 1 heterocycles. The Kier molecular flexibility index (Phi) is 8.43. The third-order valence-corrected chi connectivity index (χ3v) is 6.04. The number of hydrogen-bond acceptors (Lipinski definition) is 4. The minimum absolute atomic E-state index is 0.182. The number of rotatable bonds is 6. The highest BCUT2D eigenvalue weighted by Gasteiger charge is 2.19. The van der Waals surface area contributed by atoms with Crippen molar-refractivity contribution in [2.45, 2.75) is 66.2 Å². The Morgan fingerprint density at radius 3 is 2.26 bits per heavy atom. The number of aryl methyl sites for hydroxylation is 1. The number of carbonyl (C=O) groups excluding carboxylic acids is 2. The molecule has 0 atom stereocenters. The first kappa shape index (κ1) is 25.4. The number of primary amides is 1. The summed E-state index contributed by atoms with van der Waals surface area (Å²) < 4.78 is 6.02. The fourth-order valence-corrected chi connectivity index (χ4v) is 4.12. The van der Waals surface area contributed by atoms with Crippen LogP contribution in [0.5, 0.6) is 11.5 Å². The van der Waals surface area contributed by atoms with Crippen LogP contribution in [0.2, 0.25) is 0 Å². The van der Waals surface area contributed by atoms with Crippen molar-refractivity contribution in [3.05, 3.63) is 65.5 Å². The van der Waals surface area contributed by atoms with Gasteiger partial charge in [-0.25, -0.2) is 4.98 Å². The minimum atomic E-state index is -0.482. The highest BCUT2D eigenvalue weighted by Crippen LogP contribution is 2.32. The predicted octanol–water partition coefficient (Wildman–Crippen LogP) is 6.79. The molecule has 1 saturated carbocycles. The van der Waals surface area contributed by atoms with E-state index >= 15 is 0 Å². The van der Waals surface area contributed by atoms with Crippen LogP contribution in [0.4, 0.5) is 0 Å². The van der Waals surface area contributed by atoms with Crippen LogP contribution in [0.1, 0.15) is 74.6 Å². The molecule has 0 spiro atoms. The molecule has 1 fully saturated rings. The van der Waals surface area contributed by atoms with Gasteiger partial charge in [0.05, 0.1) is 0 Å². The second-order valence-electron chi connectivity index (χ2n) is 10.4. The van der Waals surface area contributed by atoms with E-state index in [-0.39, 0.29) is 5.41 Å². The minimum Gasteiger partial charge on any atom is -0.457 e. The van der Waals surface area contributed by atoms with Crippen molar-refractivity contribution in [1.82, 2.24) is 4.98 Å². The molecule has 0 saturated heterocycles. The standard InChI is InChI=1S/C23H24N2O2.C6H12O/c1-15-6-9-18(10-7-15)27-19-11-8-17-13-22(23(24)26)25-21(20(17)14-19)12-16-4-2-3-5-16;1-6(2,3)4-5-7/h6-11,13-14,16H,2-5,12H2,1H3,(H2,24,26);5H,4H2,1-3H3. The van der Waals surface area contributed by atoms with Gasteiger partial charge in [-0.05, 0) is 60.4 Å². The molecule has 3 aromatic rings. The molecular formula is C29H36N2O3. The van der Waals surface area contributed by atoms with E-state index in [4.69, 9.17) is 10.5 Å². The monoisotopic (exact) mass is 460 g/mol. The smallest absolute Gasteiger partial charge is 0.267 e. The van der Waals surface area contributed by atoms with Crippen LogP contribution in [0.25, 0.3) is 10.8 Å². The Labute approximate surface area is 202 Å². The molecule has 1 aliphatic rings. The number of carbonyl (C=O) groups is 2. The molecule has 5 nitrogen and oxygen atoms in total. The maximum atomic E-state index is 11.7. The molecule has 1 amide bonds. The normalized spacial score (nSPS) is 13.9. The number of pyridine rings is 1. The van der Waals surface area contributed by atoms with Crippen LogP contribution < -0.4 is 10.5 Å². The van der Waals surface area contributed by atoms with Gasteiger partial charge in [0.25, 0.3) is 5.91 Å². The van der Waals surface area contributed by atoms with Gasteiger partial charge in [-0.2, -0.15) is 0 Å². The number of hydrogen-bond donors (Lipinski definition) is 1. The first-order valence-electron chi connectivity index (χ1n) is 12.1. The number of nitrogens with zero attached hydrogens (tertiary/aromatic N) is 1. The van der Waals surface area contributed by atoms with Gasteiger partial charge in [0.2, 0.25) is 0 Å². The van der Waals surface area contributed by atoms with Crippen LogP contribution in [-0.2, 0) is 11.2 Å². The van der Waals surface area contributed by atoms with Crippen LogP contribution in [-0.4, -0.2) is 17.2 Å². The fourth-order valence-electron chi connectivity index (χ4n) is 4.12. The molecular weight excluding hydrogens is 424 g/mol. The molecule has 0 radical (unpaired) electrons. The Bertz CT molecular complexity index is 1120. The average molecular weight is 461 g/mol. The Morgan fingerprint density at radius 2 is 1.71 bits per heavy atom. The van der Waals surface area contributed by atoms with Crippen LogP contribution >= 0.6 is 0 Å². The summed E-state index contributed by atoms with van der Waals surface area (Å²) in [5, 5.41) is 2.01. The predicted molar refractivity (Wildman–Crippen MR) is 137 cm³/mol. The second kappa shape index (κ2) is 11.3. The van der Waals surface area contributed by atoms with Crippen LogP contribution in [0.15, 0.2) is 48.5 Å². The van der Waals surface area contributed by atoms with E-state index in [1.54, 1.807) is 6.07 Å². The van der Waals surface area contributed by atoms with Gasteiger partial charge in [-0.15, -0.1) is 0 Å². The summed E-state index contributed by atoms with van der Waals surface area (Å²) in [5.41, 5.74) is 8.16. The van der Waals surface area contributed by atoms with Crippen molar-refractivity contribution in [3.8, 4) is 11.5 Å². The quantitative estimate of drug-likeness (QED) is 0.411. The third kappa shape index (κ3) is 7.41. The third-order valence-electron chi connectivity index (χ3n) is 6.04. The zero-order valence-corrected chi connectivity index (χ0v) is 20.8. The lowest BCUT2D eigenvalue weighted by Crippen LogP contribution is -2.15. The molecule has 4 rings (SSSR count). The topological polar surface area (TPSA) is 82.3 Å². The summed E-state index contributed by atoms with van der Waals surface area (Å²) in [6.07, 6.45) is 7.51. The van der Waals surface area contributed by atoms with Crippen LogP contribution in [0.3, 0.4) is 0 Å². The van der Waals surface area contributed by atoms with Crippen molar-refractivity contribution in [3.63, 3.8) is 0 Å². The van der Waals surface area contributed by atoms with E-state index in [1.807, 2.05) is 63.2 Å². The zero-order valence-electron chi connectivity index (χ0n) is 20.8. The van der Waals surface area contributed by atoms with Gasteiger partial charge in [-0.1, -0.05) is 70.2 Å². The largest absolute Gasteiger partial charge is 0.457 e.